The highest BCUT2D eigenvalue weighted by molar-refractivity contribution is 7.99. The SMILES string of the molecule is CCOC(=O)[C@H]1c2scc[n+]2-c2ccccc2S[C@H]1c1ccccc1. The molecule has 3 nitrogen and oxygen atoms in total. The summed E-state index contributed by atoms with van der Waals surface area (Å²) in [4.78, 5) is 14.1. The minimum Gasteiger partial charge on any atom is -0.465 e. The molecule has 0 saturated carbocycles. The van der Waals surface area contributed by atoms with Gasteiger partial charge in [0, 0.05) is 6.07 Å². The minimum atomic E-state index is -0.334. The third-order valence-corrected chi connectivity index (χ3v) is 6.60. The zero-order valence-corrected chi connectivity index (χ0v) is 15.4. The molecule has 25 heavy (non-hydrogen) atoms. The molecule has 1 aliphatic heterocycles. The Hall–Kier alpha value is -2.11. The number of thiazole rings is 1. The van der Waals surface area contributed by atoms with Crippen molar-refractivity contribution in [3.63, 3.8) is 0 Å². The van der Waals surface area contributed by atoms with Crippen LogP contribution in [-0.2, 0) is 9.53 Å². The van der Waals surface area contributed by atoms with Gasteiger partial charge in [0.1, 0.15) is 0 Å². The Balaban J connectivity index is 1.92. The van der Waals surface area contributed by atoms with Gasteiger partial charge in [-0.25, -0.2) is 0 Å². The van der Waals surface area contributed by atoms with Crippen LogP contribution < -0.4 is 4.57 Å². The second kappa shape index (κ2) is 7.02. The van der Waals surface area contributed by atoms with E-state index in [4.69, 9.17) is 4.74 Å². The Morgan fingerprint density at radius 1 is 1.12 bits per heavy atom. The summed E-state index contributed by atoms with van der Waals surface area (Å²) >= 11 is 3.35. The summed E-state index contributed by atoms with van der Waals surface area (Å²) in [5.74, 6) is -0.493. The highest BCUT2D eigenvalue weighted by Crippen LogP contribution is 2.49. The molecule has 1 aliphatic rings. The number of esters is 1. The monoisotopic (exact) mass is 368 g/mol. The van der Waals surface area contributed by atoms with E-state index >= 15 is 0 Å². The summed E-state index contributed by atoms with van der Waals surface area (Å²) < 4.78 is 7.59. The Labute approximate surface area is 155 Å². The number of carbonyl (C=O) groups excluding carboxylic acids is 1. The van der Waals surface area contributed by atoms with Gasteiger partial charge < -0.3 is 4.74 Å². The van der Waals surface area contributed by atoms with Crippen LogP contribution in [-0.4, -0.2) is 12.6 Å². The lowest BCUT2D eigenvalue weighted by Gasteiger charge is -2.20. The van der Waals surface area contributed by atoms with Crippen molar-refractivity contribution in [3.05, 3.63) is 76.7 Å². The third kappa shape index (κ3) is 2.98. The van der Waals surface area contributed by atoms with Crippen molar-refractivity contribution in [2.45, 2.75) is 23.0 Å². The van der Waals surface area contributed by atoms with E-state index in [1.807, 2.05) is 48.8 Å². The van der Waals surface area contributed by atoms with Crippen LogP contribution in [0.4, 0.5) is 0 Å². The maximum Gasteiger partial charge on any atom is 0.322 e. The normalized spacial score (nSPS) is 18.8. The van der Waals surface area contributed by atoms with E-state index in [-0.39, 0.29) is 17.1 Å². The van der Waals surface area contributed by atoms with Gasteiger partial charge in [0.05, 0.1) is 22.1 Å². The molecule has 3 aromatic rings. The van der Waals surface area contributed by atoms with Gasteiger partial charge in [0.25, 0.3) is 5.01 Å². The second-order valence-electron chi connectivity index (χ2n) is 5.76. The number of para-hydroxylation sites is 1. The van der Waals surface area contributed by atoms with Crippen LogP contribution in [0, 0.1) is 0 Å². The average Bonchev–Trinajstić information content (AvgIpc) is 3.06. The second-order valence-corrected chi connectivity index (χ2v) is 7.87. The summed E-state index contributed by atoms with van der Waals surface area (Å²) in [7, 11) is 0. The van der Waals surface area contributed by atoms with Crippen molar-refractivity contribution in [2.75, 3.05) is 6.61 Å². The van der Waals surface area contributed by atoms with Gasteiger partial charge in [-0.05, 0) is 18.6 Å². The lowest BCUT2D eigenvalue weighted by Crippen LogP contribution is -2.36. The largest absolute Gasteiger partial charge is 0.465 e. The first-order chi connectivity index (χ1) is 12.3. The van der Waals surface area contributed by atoms with E-state index in [1.54, 1.807) is 23.1 Å². The molecule has 0 aliphatic carbocycles. The molecule has 0 saturated heterocycles. The highest BCUT2D eigenvalue weighted by atomic mass is 32.2. The van der Waals surface area contributed by atoms with Crippen LogP contribution in [0.25, 0.3) is 5.69 Å². The molecule has 4 rings (SSSR count). The topological polar surface area (TPSA) is 30.2 Å². The molecule has 0 amide bonds. The quantitative estimate of drug-likeness (QED) is 0.503. The Kier molecular flexibility index (Phi) is 4.59. The van der Waals surface area contributed by atoms with E-state index in [0.29, 0.717) is 6.61 Å². The number of hydrogen-bond acceptors (Lipinski definition) is 4. The summed E-state index contributed by atoms with van der Waals surface area (Å²) in [6.45, 7) is 2.25. The van der Waals surface area contributed by atoms with Crippen LogP contribution in [0.3, 0.4) is 0 Å². The molecule has 2 atom stereocenters. The standard InChI is InChI=1S/C20H18NO2S2/c1-2-23-20(22)17-18(14-8-4-3-5-9-14)25-16-11-7-6-10-15(16)21-12-13-24-19(17)21/h3-13,17-18H,2H2,1H3/q+1/t17-,18+/m1/s1. The number of nitrogens with zero attached hydrogens (tertiary/aromatic N) is 1. The number of rotatable bonds is 3. The Morgan fingerprint density at radius 2 is 1.88 bits per heavy atom. The summed E-state index contributed by atoms with van der Waals surface area (Å²) in [6.07, 6.45) is 2.04. The number of benzene rings is 2. The average molecular weight is 369 g/mol. The summed E-state index contributed by atoms with van der Waals surface area (Å²) in [5, 5.41) is 3.04. The van der Waals surface area contributed by atoms with Crippen molar-refractivity contribution in [1.29, 1.82) is 0 Å². The number of hydrogen-bond donors (Lipinski definition) is 0. The first kappa shape index (κ1) is 16.4. The van der Waals surface area contributed by atoms with Crippen LogP contribution in [0.1, 0.15) is 28.7 Å². The lowest BCUT2D eigenvalue weighted by molar-refractivity contribution is -0.601. The fourth-order valence-electron chi connectivity index (χ4n) is 3.16. The van der Waals surface area contributed by atoms with E-state index in [9.17, 15) is 4.79 Å². The molecule has 1 aromatic heterocycles. The minimum absolute atomic E-state index is 0.0196. The van der Waals surface area contributed by atoms with Crippen molar-refractivity contribution < 1.29 is 14.1 Å². The van der Waals surface area contributed by atoms with Crippen molar-refractivity contribution in [3.8, 4) is 5.69 Å². The number of carbonyl (C=O) groups is 1. The first-order valence-corrected chi connectivity index (χ1v) is 10.0. The first-order valence-electron chi connectivity index (χ1n) is 8.26. The molecular formula is C20H18NO2S2+. The van der Waals surface area contributed by atoms with Gasteiger partial charge in [-0.15, -0.1) is 11.8 Å². The van der Waals surface area contributed by atoms with Gasteiger partial charge in [0.2, 0.25) is 5.69 Å². The Bertz CT molecular complexity index is 891. The van der Waals surface area contributed by atoms with Crippen LogP contribution >= 0.6 is 23.1 Å². The zero-order chi connectivity index (χ0) is 17.2. The van der Waals surface area contributed by atoms with E-state index in [2.05, 4.69) is 28.8 Å². The van der Waals surface area contributed by atoms with Gasteiger partial charge in [-0.3, -0.25) is 4.79 Å². The number of aromatic nitrogens is 1. The van der Waals surface area contributed by atoms with Gasteiger partial charge in [0.15, 0.2) is 12.1 Å². The fraction of sp³-hybridized carbons (Fsp3) is 0.200. The lowest BCUT2D eigenvalue weighted by atomic mass is 9.99. The van der Waals surface area contributed by atoms with Crippen LogP contribution in [0.2, 0.25) is 0 Å². The molecule has 2 heterocycles. The highest BCUT2D eigenvalue weighted by Gasteiger charge is 2.44. The predicted molar refractivity (Wildman–Crippen MR) is 100 cm³/mol. The molecule has 5 heteroatoms. The molecule has 0 radical (unpaired) electrons. The molecule has 0 unspecified atom stereocenters. The maximum absolute atomic E-state index is 12.9. The van der Waals surface area contributed by atoms with Crippen LogP contribution in [0.5, 0.6) is 0 Å². The molecule has 0 spiro atoms. The Morgan fingerprint density at radius 3 is 2.68 bits per heavy atom. The van der Waals surface area contributed by atoms with Gasteiger partial charge >= 0.3 is 5.97 Å². The van der Waals surface area contributed by atoms with E-state index in [1.165, 1.54) is 4.90 Å². The van der Waals surface area contributed by atoms with E-state index in [0.717, 1.165) is 16.3 Å². The fourth-order valence-corrected chi connectivity index (χ4v) is 5.61. The van der Waals surface area contributed by atoms with E-state index < -0.39 is 0 Å². The molecule has 2 aromatic carbocycles. The molecule has 0 fully saturated rings. The smallest absolute Gasteiger partial charge is 0.322 e. The number of fused-ring (bicyclic) bond motifs is 3. The number of thioether (sulfide) groups is 1. The molecule has 126 valence electrons. The van der Waals surface area contributed by atoms with Crippen molar-refractivity contribution >= 4 is 29.1 Å². The van der Waals surface area contributed by atoms with Gasteiger partial charge in [-0.2, -0.15) is 4.57 Å². The third-order valence-electron chi connectivity index (χ3n) is 4.25. The van der Waals surface area contributed by atoms with Gasteiger partial charge in [-0.1, -0.05) is 53.8 Å². The van der Waals surface area contributed by atoms with Crippen LogP contribution in [0.15, 0.2) is 71.1 Å². The molecule has 0 N–H and O–H groups in total. The van der Waals surface area contributed by atoms with Crippen molar-refractivity contribution in [1.82, 2.24) is 0 Å². The predicted octanol–water partition coefficient (Wildman–Crippen LogP) is 4.52. The summed E-state index contributed by atoms with van der Waals surface area (Å²) in [5.41, 5.74) is 2.26. The zero-order valence-electron chi connectivity index (χ0n) is 13.8. The summed E-state index contributed by atoms with van der Waals surface area (Å²) in [6, 6.07) is 18.6. The molecule has 0 bridgehead atoms. The number of ether oxygens (including phenoxy) is 1. The maximum atomic E-state index is 12.9. The van der Waals surface area contributed by atoms with Crippen molar-refractivity contribution in [2.24, 2.45) is 0 Å². The molecular weight excluding hydrogens is 350 g/mol.